The number of benzene rings is 1. The number of azo groups is 1. The van der Waals surface area contributed by atoms with Gasteiger partial charge in [0.25, 0.3) is 21.4 Å². The van der Waals surface area contributed by atoms with Crippen molar-refractivity contribution in [2.45, 2.75) is 23.6 Å². The average molecular weight is 537 g/mol. The third-order valence-electron chi connectivity index (χ3n) is 4.44. The van der Waals surface area contributed by atoms with Crippen LogP contribution in [0.2, 0.25) is 0 Å². The predicted octanol–water partition coefficient (Wildman–Crippen LogP) is 4.81. The van der Waals surface area contributed by atoms with Crippen molar-refractivity contribution >= 4 is 55.8 Å². The first-order valence-electron chi connectivity index (χ1n) is 8.93. The van der Waals surface area contributed by atoms with Crippen LogP contribution in [0.1, 0.15) is 11.3 Å². The zero-order chi connectivity index (χ0) is 25.9. The molecule has 0 saturated carbocycles. The molecule has 3 aromatic rings. The molecule has 0 aliphatic rings. The fourth-order valence-electron chi connectivity index (χ4n) is 2.82. The highest BCUT2D eigenvalue weighted by molar-refractivity contribution is 7.94. The minimum absolute atomic E-state index is 0.0387. The fourth-order valence-corrected chi connectivity index (χ4v) is 4.45. The lowest BCUT2D eigenvalue weighted by Gasteiger charge is -2.16. The standard InChI is InChI=1S/C18H12N6O8S3/c1-8-13(19-3)17(25)24(11-7-10(35(28,29)30)5-6-12(11)34-32-31-27)18(26)14(8)21-22-16-15(20-4)9(2)23-33-16/h5-7,25,27H,1-2H3,(H,28,29,30). The van der Waals surface area contributed by atoms with Crippen molar-refractivity contribution in [2.24, 2.45) is 10.2 Å². The van der Waals surface area contributed by atoms with Gasteiger partial charge in [-0.15, -0.1) is 14.6 Å². The van der Waals surface area contributed by atoms with Crippen molar-refractivity contribution in [3.05, 3.63) is 62.6 Å². The van der Waals surface area contributed by atoms with Gasteiger partial charge in [0, 0.05) is 0 Å². The van der Waals surface area contributed by atoms with Gasteiger partial charge in [-0.2, -0.15) is 8.42 Å². The number of aryl methyl sites for hydroxylation is 1. The van der Waals surface area contributed by atoms with Crippen LogP contribution in [0, 0.1) is 27.0 Å². The van der Waals surface area contributed by atoms with Gasteiger partial charge in [-0.1, -0.05) is 5.04 Å². The Bertz CT molecular complexity index is 1600. The van der Waals surface area contributed by atoms with Gasteiger partial charge in [0.05, 0.1) is 46.4 Å². The summed E-state index contributed by atoms with van der Waals surface area (Å²) in [6.07, 6.45) is 0. The van der Waals surface area contributed by atoms with Gasteiger partial charge in [-0.05, 0) is 49.1 Å². The summed E-state index contributed by atoms with van der Waals surface area (Å²) < 4.78 is 41.7. The summed E-state index contributed by atoms with van der Waals surface area (Å²) in [7, 11) is -4.75. The summed E-state index contributed by atoms with van der Waals surface area (Å²) in [4.78, 5) is 19.2. The molecule has 180 valence electrons. The summed E-state index contributed by atoms with van der Waals surface area (Å²) in [6, 6.07) is 2.88. The smallest absolute Gasteiger partial charge is 0.294 e. The lowest BCUT2D eigenvalue weighted by molar-refractivity contribution is -0.432. The highest BCUT2D eigenvalue weighted by Crippen LogP contribution is 2.40. The van der Waals surface area contributed by atoms with Crippen LogP contribution >= 0.6 is 23.6 Å². The molecule has 0 amide bonds. The molecule has 14 nitrogen and oxygen atoms in total. The molecule has 0 fully saturated rings. The van der Waals surface area contributed by atoms with Gasteiger partial charge >= 0.3 is 0 Å². The van der Waals surface area contributed by atoms with E-state index in [1.54, 1.807) is 6.92 Å². The summed E-state index contributed by atoms with van der Waals surface area (Å²) in [5.41, 5.74) is -1.69. The summed E-state index contributed by atoms with van der Waals surface area (Å²) in [6.45, 7) is 17.6. The van der Waals surface area contributed by atoms with Gasteiger partial charge < -0.3 is 5.11 Å². The van der Waals surface area contributed by atoms with Crippen molar-refractivity contribution in [3.63, 3.8) is 0 Å². The van der Waals surface area contributed by atoms with E-state index in [4.69, 9.17) is 18.4 Å². The molecule has 0 saturated heterocycles. The summed E-state index contributed by atoms with van der Waals surface area (Å²) in [5, 5.41) is 30.6. The van der Waals surface area contributed by atoms with Gasteiger partial charge in [0.15, 0.2) is 5.00 Å². The van der Waals surface area contributed by atoms with Gasteiger partial charge in [-0.25, -0.2) is 19.3 Å². The summed E-state index contributed by atoms with van der Waals surface area (Å²) in [5.74, 6) is -0.865. The predicted molar refractivity (Wildman–Crippen MR) is 122 cm³/mol. The van der Waals surface area contributed by atoms with E-state index in [0.717, 1.165) is 29.7 Å². The SMILES string of the molecule is [C-]#[N+]c1c(C)nsc1N=Nc1c(C)c([N+]#[C-])c(O)n(-c2cc(S(=O)(=O)O)ccc2SOOO)c1=O. The Balaban J connectivity index is 2.35. The minimum atomic E-state index is -4.75. The Morgan fingerprint density at radius 3 is 2.49 bits per heavy atom. The molecule has 0 aliphatic carbocycles. The molecule has 0 spiro atoms. The molecular weight excluding hydrogens is 524 g/mol. The Kier molecular flexibility index (Phi) is 7.63. The van der Waals surface area contributed by atoms with Crippen LogP contribution in [0.25, 0.3) is 15.4 Å². The largest absolute Gasteiger partial charge is 0.502 e. The maximum Gasteiger partial charge on any atom is 0.294 e. The second-order valence-electron chi connectivity index (χ2n) is 6.46. The molecule has 2 heterocycles. The van der Waals surface area contributed by atoms with E-state index < -0.39 is 37.8 Å². The highest BCUT2D eigenvalue weighted by atomic mass is 32.2. The van der Waals surface area contributed by atoms with Crippen molar-refractivity contribution in [1.29, 1.82) is 0 Å². The van der Waals surface area contributed by atoms with Gasteiger partial charge in [0.1, 0.15) is 5.69 Å². The number of aromatic hydroxyl groups is 1. The molecule has 1 aromatic carbocycles. The normalized spacial score (nSPS) is 11.5. The third kappa shape index (κ3) is 5.06. The second kappa shape index (κ2) is 10.3. The molecule has 17 heteroatoms. The highest BCUT2D eigenvalue weighted by Gasteiger charge is 2.24. The first-order chi connectivity index (χ1) is 16.5. The number of aromatic nitrogens is 2. The second-order valence-corrected chi connectivity index (χ2v) is 9.38. The van der Waals surface area contributed by atoms with Crippen LogP contribution in [-0.4, -0.2) is 32.3 Å². The molecule has 2 aromatic heterocycles. The zero-order valence-corrected chi connectivity index (χ0v) is 20.0. The number of rotatable bonds is 7. The van der Waals surface area contributed by atoms with Crippen molar-refractivity contribution in [2.75, 3.05) is 0 Å². The fraction of sp³-hybridized carbons (Fsp3) is 0.111. The molecule has 0 unspecified atom stereocenters. The molecular formula is C18H12N6O8S3. The van der Waals surface area contributed by atoms with E-state index >= 15 is 0 Å². The lowest BCUT2D eigenvalue weighted by Crippen LogP contribution is -2.20. The Hall–Kier alpha value is -3.68. The molecule has 35 heavy (non-hydrogen) atoms. The van der Waals surface area contributed by atoms with Crippen LogP contribution in [0.4, 0.5) is 22.1 Å². The monoisotopic (exact) mass is 536 g/mol. The molecule has 0 atom stereocenters. The molecule has 3 rings (SSSR count). The van der Waals surface area contributed by atoms with E-state index in [0.29, 0.717) is 22.3 Å². The van der Waals surface area contributed by atoms with Crippen molar-refractivity contribution in [1.82, 2.24) is 8.94 Å². The minimum Gasteiger partial charge on any atom is -0.502 e. The van der Waals surface area contributed by atoms with Gasteiger partial charge in [0.2, 0.25) is 11.6 Å². The Morgan fingerprint density at radius 2 is 1.89 bits per heavy atom. The van der Waals surface area contributed by atoms with Crippen LogP contribution in [0.15, 0.2) is 43.0 Å². The van der Waals surface area contributed by atoms with Crippen LogP contribution in [0.3, 0.4) is 0 Å². The van der Waals surface area contributed by atoms with Crippen LogP contribution in [-0.2, 0) is 19.5 Å². The van der Waals surface area contributed by atoms with E-state index in [1.165, 1.54) is 6.92 Å². The molecule has 0 bridgehead atoms. The average Bonchev–Trinajstić information content (AvgIpc) is 3.16. The number of pyridine rings is 1. The van der Waals surface area contributed by atoms with Crippen molar-refractivity contribution in [3.8, 4) is 11.6 Å². The number of nitrogens with zero attached hydrogens (tertiary/aromatic N) is 6. The topological polar surface area (TPSA) is 182 Å². The van der Waals surface area contributed by atoms with Gasteiger partial charge in [-0.3, -0.25) is 13.9 Å². The number of hydrogen-bond acceptors (Lipinski definition) is 12. The summed E-state index contributed by atoms with van der Waals surface area (Å²) >= 11 is 1.20. The maximum absolute atomic E-state index is 13.4. The first kappa shape index (κ1) is 25.9. The van der Waals surface area contributed by atoms with Crippen LogP contribution in [0.5, 0.6) is 5.88 Å². The molecule has 0 radical (unpaired) electrons. The lowest BCUT2D eigenvalue weighted by atomic mass is 10.2. The van der Waals surface area contributed by atoms with E-state index in [1.807, 2.05) is 0 Å². The quantitative estimate of drug-likeness (QED) is 0.0946. The van der Waals surface area contributed by atoms with Crippen molar-refractivity contribution < 1.29 is 32.7 Å². The van der Waals surface area contributed by atoms with E-state index in [-0.39, 0.29) is 26.8 Å². The first-order valence-corrected chi connectivity index (χ1v) is 11.9. The van der Waals surface area contributed by atoms with E-state index in [2.05, 4.69) is 33.7 Å². The molecule has 3 N–H and O–H groups in total. The molecule has 0 aliphatic heterocycles. The van der Waals surface area contributed by atoms with E-state index in [9.17, 15) is 22.9 Å². The Morgan fingerprint density at radius 1 is 1.20 bits per heavy atom. The Labute approximate surface area is 205 Å². The zero-order valence-electron chi connectivity index (χ0n) is 17.5. The van der Waals surface area contributed by atoms with Crippen LogP contribution < -0.4 is 5.56 Å². The number of hydrogen-bond donors (Lipinski definition) is 3. The maximum atomic E-state index is 13.4. The third-order valence-corrected chi connectivity index (χ3v) is 6.76.